The molecule has 1 N–H and O–H groups in total. The maximum atomic E-state index is 13.7. The summed E-state index contributed by atoms with van der Waals surface area (Å²) < 4.78 is 39.6. The Morgan fingerprint density at radius 1 is 1.03 bits per heavy atom. The van der Waals surface area contributed by atoms with E-state index in [0.717, 1.165) is 22.7 Å². The number of sulfonamides is 1. The molecule has 0 aliphatic rings. The number of benzene rings is 2. The van der Waals surface area contributed by atoms with Gasteiger partial charge in [0.25, 0.3) is 0 Å². The predicted octanol–water partition coefficient (Wildman–Crippen LogP) is 4.89. The zero-order chi connectivity index (χ0) is 26.3. The highest BCUT2D eigenvalue weighted by Gasteiger charge is 2.31. The number of carbonyl (C=O) groups excluding carboxylic acids is 2. The highest BCUT2D eigenvalue weighted by molar-refractivity contribution is 7.92. The second-order valence-corrected chi connectivity index (χ2v) is 11.0. The lowest BCUT2D eigenvalue weighted by Gasteiger charge is -2.33. The van der Waals surface area contributed by atoms with Crippen LogP contribution in [0.4, 0.5) is 10.1 Å². The van der Waals surface area contributed by atoms with Crippen molar-refractivity contribution >= 4 is 62.3 Å². The van der Waals surface area contributed by atoms with Gasteiger partial charge in [-0.15, -0.1) is 0 Å². The first-order valence-electron chi connectivity index (χ1n) is 10.8. The van der Waals surface area contributed by atoms with E-state index in [2.05, 4.69) is 5.32 Å². The molecule has 0 aliphatic carbocycles. The molecule has 0 aliphatic heterocycles. The van der Waals surface area contributed by atoms with E-state index in [1.54, 1.807) is 25.1 Å². The van der Waals surface area contributed by atoms with Crippen molar-refractivity contribution in [3.8, 4) is 0 Å². The third kappa shape index (κ3) is 7.96. The molecule has 0 aromatic heterocycles. The summed E-state index contributed by atoms with van der Waals surface area (Å²) in [5, 5.41) is 3.10. The Balaban J connectivity index is 2.46. The number of hydrogen-bond acceptors (Lipinski definition) is 4. The smallest absolute Gasteiger partial charge is 0.244 e. The van der Waals surface area contributed by atoms with Gasteiger partial charge in [-0.2, -0.15) is 0 Å². The second kappa shape index (κ2) is 12.8. The van der Waals surface area contributed by atoms with Gasteiger partial charge in [0, 0.05) is 13.1 Å². The summed E-state index contributed by atoms with van der Waals surface area (Å²) >= 11 is 18.0. The molecule has 2 aromatic rings. The Labute approximate surface area is 220 Å². The Hall–Kier alpha value is -2.07. The van der Waals surface area contributed by atoms with Gasteiger partial charge in [-0.1, -0.05) is 54.7 Å². The number of rotatable bonds is 11. The van der Waals surface area contributed by atoms with Crippen LogP contribution in [-0.4, -0.2) is 50.5 Å². The van der Waals surface area contributed by atoms with Crippen molar-refractivity contribution in [2.75, 3.05) is 23.7 Å². The van der Waals surface area contributed by atoms with Crippen molar-refractivity contribution in [2.24, 2.45) is 0 Å². The van der Waals surface area contributed by atoms with E-state index in [0.29, 0.717) is 23.6 Å². The number of amides is 2. The second-order valence-electron chi connectivity index (χ2n) is 7.85. The molecule has 35 heavy (non-hydrogen) atoms. The lowest BCUT2D eigenvalue weighted by Crippen LogP contribution is -2.52. The quantitative estimate of drug-likeness (QED) is 0.420. The average Bonchev–Trinajstić information content (AvgIpc) is 2.79. The van der Waals surface area contributed by atoms with E-state index in [4.69, 9.17) is 34.8 Å². The van der Waals surface area contributed by atoms with Gasteiger partial charge >= 0.3 is 0 Å². The SMILES string of the molecule is CCCNC(=O)[C@H](CC)N(Cc1ccc(Cl)c(Cl)c1)C(=O)CN(c1ccc(F)c(Cl)c1)S(C)(=O)=O. The van der Waals surface area contributed by atoms with Crippen molar-refractivity contribution in [2.45, 2.75) is 39.3 Å². The first-order chi connectivity index (χ1) is 16.4. The largest absolute Gasteiger partial charge is 0.354 e. The van der Waals surface area contributed by atoms with Crippen LogP contribution in [0, 0.1) is 5.82 Å². The van der Waals surface area contributed by atoms with E-state index in [1.165, 1.54) is 11.0 Å². The molecular formula is C23H27Cl3FN3O4S. The zero-order valence-electron chi connectivity index (χ0n) is 19.5. The molecule has 0 heterocycles. The Kier molecular flexibility index (Phi) is 10.6. The first kappa shape index (κ1) is 29.2. The molecule has 0 unspecified atom stereocenters. The molecule has 1 atom stereocenters. The van der Waals surface area contributed by atoms with Crippen molar-refractivity contribution in [3.63, 3.8) is 0 Å². The standard InChI is InChI=1S/C23H27Cl3FN3O4S/c1-4-10-28-23(32)21(5-2)29(13-15-6-8-17(24)18(25)11-15)22(31)14-30(35(3,33)34)16-7-9-20(27)19(26)12-16/h6-9,11-12,21H,4-5,10,13-14H2,1-3H3,(H,28,32)/t21-/m0/s1. The topological polar surface area (TPSA) is 86.8 Å². The molecule has 0 bridgehead atoms. The van der Waals surface area contributed by atoms with Crippen LogP contribution in [0.2, 0.25) is 15.1 Å². The van der Waals surface area contributed by atoms with Crippen LogP contribution in [0.3, 0.4) is 0 Å². The number of anilines is 1. The van der Waals surface area contributed by atoms with Crippen LogP contribution in [-0.2, 0) is 26.2 Å². The normalized spacial score (nSPS) is 12.2. The van der Waals surface area contributed by atoms with Gasteiger partial charge in [0.15, 0.2) is 0 Å². The van der Waals surface area contributed by atoms with Gasteiger partial charge in [0.2, 0.25) is 21.8 Å². The number of halogens is 4. The van der Waals surface area contributed by atoms with E-state index in [-0.39, 0.29) is 34.6 Å². The Bertz CT molecular complexity index is 1180. The molecule has 192 valence electrons. The van der Waals surface area contributed by atoms with Crippen LogP contribution in [0.5, 0.6) is 0 Å². The number of nitrogens with zero attached hydrogens (tertiary/aromatic N) is 2. The maximum absolute atomic E-state index is 13.7. The third-order valence-electron chi connectivity index (χ3n) is 5.14. The van der Waals surface area contributed by atoms with Gasteiger partial charge in [0.05, 0.1) is 27.0 Å². The summed E-state index contributed by atoms with van der Waals surface area (Å²) in [6, 6.07) is 7.30. The molecule has 0 radical (unpaired) electrons. The third-order valence-corrected chi connectivity index (χ3v) is 7.31. The molecule has 2 amide bonds. The number of nitrogens with one attached hydrogen (secondary N) is 1. The summed E-state index contributed by atoms with van der Waals surface area (Å²) in [4.78, 5) is 27.7. The van der Waals surface area contributed by atoms with Gasteiger partial charge in [0.1, 0.15) is 18.4 Å². The minimum absolute atomic E-state index is 0.0183. The van der Waals surface area contributed by atoms with E-state index >= 15 is 0 Å². The van der Waals surface area contributed by atoms with Crippen molar-refractivity contribution in [1.82, 2.24) is 10.2 Å². The maximum Gasteiger partial charge on any atom is 0.244 e. The molecule has 0 saturated heterocycles. The molecule has 2 rings (SSSR count). The molecular weight excluding hydrogens is 540 g/mol. The summed E-state index contributed by atoms with van der Waals surface area (Å²) in [6.07, 6.45) is 1.91. The Morgan fingerprint density at radius 2 is 1.71 bits per heavy atom. The zero-order valence-corrected chi connectivity index (χ0v) is 22.6. The van der Waals surface area contributed by atoms with E-state index < -0.39 is 34.3 Å². The van der Waals surface area contributed by atoms with Crippen LogP contribution >= 0.6 is 34.8 Å². The first-order valence-corrected chi connectivity index (χ1v) is 13.8. The summed E-state index contributed by atoms with van der Waals surface area (Å²) in [6.45, 7) is 3.43. The lowest BCUT2D eigenvalue weighted by atomic mass is 10.1. The van der Waals surface area contributed by atoms with Crippen LogP contribution in [0.1, 0.15) is 32.3 Å². The summed E-state index contributed by atoms with van der Waals surface area (Å²) in [5.74, 6) is -1.73. The van der Waals surface area contributed by atoms with E-state index in [9.17, 15) is 22.4 Å². The number of carbonyl (C=O) groups is 2. The molecule has 12 heteroatoms. The summed E-state index contributed by atoms with van der Waals surface area (Å²) in [5.41, 5.74) is 0.621. The molecule has 2 aromatic carbocycles. The monoisotopic (exact) mass is 565 g/mol. The lowest BCUT2D eigenvalue weighted by molar-refractivity contribution is -0.140. The highest BCUT2D eigenvalue weighted by atomic mass is 35.5. The van der Waals surface area contributed by atoms with Gasteiger partial charge in [-0.05, 0) is 48.7 Å². The predicted molar refractivity (Wildman–Crippen MR) is 138 cm³/mol. The molecule has 0 fully saturated rings. The average molecular weight is 567 g/mol. The minimum Gasteiger partial charge on any atom is -0.354 e. The highest BCUT2D eigenvalue weighted by Crippen LogP contribution is 2.26. The van der Waals surface area contributed by atoms with E-state index in [1.807, 2.05) is 6.92 Å². The number of hydrogen-bond donors (Lipinski definition) is 1. The Morgan fingerprint density at radius 3 is 2.26 bits per heavy atom. The fraction of sp³-hybridized carbons (Fsp3) is 0.391. The van der Waals surface area contributed by atoms with Crippen molar-refractivity contribution in [3.05, 3.63) is 62.8 Å². The van der Waals surface area contributed by atoms with Crippen LogP contribution < -0.4 is 9.62 Å². The van der Waals surface area contributed by atoms with Crippen molar-refractivity contribution in [1.29, 1.82) is 0 Å². The van der Waals surface area contributed by atoms with Gasteiger partial charge in [-0.3, -0.25) is 13.9 Å². The molecule has 7 nitrogen and oxygen atoms in total. The molecule has 0 saturated carbocycles. The van der Waals surface area contributed by atoms with Gasteiger partial charge < -0.3 is 10.2 Å². The van der Waals surface area contributed by atoms with Crippen molar-refractivity contribution < 1.29 is 22.4 Å². The fourth-order valence-electron chi connectivity index (χ4n) is 3.37. The van der Waals surface area contributed by atoms with Crippen LogP contribution in [0.25, 0.3) is 0 Å². The fourth-order valence-corrected chi connectivity index (χ4v) is 4.71. The van der Waals surface area contributed by atoms with Gasteiger partial charge in [-0.25, -0.2) is 12.8 Å². The minimum atomic E-state index is -3.96. The molecule has 0 spiro atoms. The van der Waals surface area contributed by atoms with Crippen LogP contribution in [0.15, 0.2) is 36.4 Å². The summed E-state index contributed by atoms with van der Waals surface area (Å²) in [7, 11) is -3.96.